The summed E-state index contributed by atoms with van der Waals surface area (Å²) in [5, 5.41) is 23.2. The summed E-state index contributed by atoms with van der Waals surface area (Å²) in [5.41, 5.74) is 1.05. The molecule has 0 unspecified atom stereocenters. The summed E-state index contributed by atoms with van der Waals surface area (Å²) in [6.07, 6.45) is 1.37. The first-order valence-electron chi connectivity index (χ1n) is 8.12. The van der Waals surface area contributed by atoms with Crippen molar-refractivity contribution in [2.75, 3.05) is 0 Å². The van der Waals surface area contributed by atoms with Gasteiger partial charge < -0.3 is 14.6 Å². The average Bonchev–Trinajstić information content (AvgIpc) is 2.55. The summed E-state index contributed by atoms with van der Waals surface area (Å²) in [5.74, 6) is -1.04. The Morgan fingerprint density at radius 3 is 2.62 bits per heavy atom. The molecule has 1 heterocycles. The highest BCUT2D eigenvalue weighted by Gasteiger charge is 2.24. The smallest absolute Gasteiger partial charge is 0.336 e. The van der Waals surface area contributed by atoms with Crippen molar-refractivity contribution in [3.8, 4) is 5.75 Å². The van der Waals surface area contributed by atoms with Gasteiger partial charge in [-0.15, -0.1) is 0 Å². The van der Waals surface area contributed by atoms with Crippen LogP contribution in [0, 0.1) is 5.92 Å². The van der Waals surface area contributed by atoms with Gasteiger partial charge in [-0.05, 0) is 30.0 Å². The molecule has 0 amide bonds. The third-order valence-electron chi connectivity index (χ3n) is 4.44. The van der Waals surface area contributed by atoms with Gasteiger partial charge in [0, 0.05) is 18.0 Å². The lowest BCUT2D eigenvalue weighted by atomic mass is 9.98. The number of nitrogens with one attached hydrogen (secondary N) is 1. The second-order valence-electron chi connectivity index (χ2n) is 5.97. The van der Waals surface area contributed by atoms with E-state index in [0.29, 0.717) is 24.0 Å². The van der Waals surface area contributed by atoms with Crippen LogP contribution in [0.3, 0.4) is 0 Å². The maximum Gasteiger partial charge on any atom is 0.336 e. The van der Waals surface area contributed by atoms with Crippen molar-refractivity contribution in [3.05, 3.63) is 39.7 Å². The van der Waals surface area contributed by atoms with Crippen LogP contribution in [0.25, 0.3) is 11.0 Å². The van der Waals surface area contributed by atoms with E-state index in [2.05, 4.69) is 5.32 Å². The number of carbonyl (C=O) groups is 1. The fraction of sp³-hybridized carbons (Fsp3) is 0.444. The molecule has 1 aromatic carbocycles. The van der Waals surface area contributed by atoms with Crippen LogP contribution in [0.1, 0.15) is 38.3 Å². The Morgan fingerprint density at radius 1 is 1.33 bits per heavy atom. The lowest BCUT2D eigenvalue weighted by Crippen LogP contribution is -2.41. The van der Waals surface area contributed by atoms with Crippen molar-refractivity contribution in [3.63, 3.8) is 0 Å². The van der Waals surface area contributed by atoms with Crippen molar-refractivity contribution >= 4 is 16.9 Å². The molecule has 0 saturated heterocycles. The number of hydrogen-bond donors (Lipinski definition) is 3. The SMILES string of the molecule is CCc1cc(=O)oc2c(CN[C@@H](C(=O)O)[C@H](C)CC)c(O)ccc12. The highest BCUT2D eigenvalue weighted by atomic mass is 16.4. The molecule has 2 aromatic rings. The van der Waals surface area contributed by atoms with E-state index >= 15 is 0 Å². The number of hydrogen-bond acceptors (Lipinski definition) is 5. The van der Waals surface area contributed by atoms with E-state index in [1.807, 2.05) is 20.8 Å². The number of rotatable bonds is 7. The number of aliphatic carboxylic acids is 1. The van der Waals surface area contributed by atoms with E-state index in [4.69, 9.17) is 4.42 Å². The van der Waals surface area contributed by atoms with Crippen LogP contribution in [-0.4, -0.2) is 22.2 Å². The van der Waals surface area contributed by atoms with Gasteiger partial charge in [-0.25, -0.2) is 4.79 Å². The molecule has 0 radical (unpaired) electrons. The van der Waals surface area contributed by atoms with Gasteiger partial charge in [-0.1, -0.05) is 27.2 Å². The molecule has 6 heteroatoms. The van der Waals surface area contributed by atoms with E-state index in [-0.39, 0.29) is 18.2 Å². The molecule has 0 bridgehead atoms. The summed E-state index contributed by atoms with van der Waals surface area (Å²) in [7, 11) is 0. The molecule has 0 aliphatic rings. The molecule has 0 fully saturated rings. The Balaban J connectivity index is 2.44. The van der Waals surface area contributed by atoms with E-state index in [1.165, 1.54) is 12.1 Å². The maximum atomic E-state index is 11.8. The molecular weight excluding hydrogens is 310 g/mol. The molecular formula is C18H23NO5. The Hall–Kier alpha value is -2.34. The summed E-state index contributed by atoms with van der Waals surface area (Å²) in [6, 6.07) is 3.94. The molecule has 0 spiro atoms. The molecule has 2 atom stereocenters. The Bertz CT molecular complexity index is 796. The normalized spacial score (nSPS) is 13.8. The van der Waals surface area contributed by atoms with Crippen molar-refractivity contribution in [2.24, 2.45) is 5.92 Å². The van der Waals surface area contributed by atoms with E-state index in [0.717, 1.165) is 10.9 Å². The van der Waals surface area contributed by atoms with E-state index in [9.17, 15) is 19.8 Å². The Labute approximate surface area is 140 Å². The molecule has 1 aromatic heterocycles. The zero-order valence-corrected chi connectivity index (χ0v) is 14.1. The number of aromatic hydroxyl groups is 1. The largest absolute Gasteiger partial charge is 0.507 e. The van der Waals surface area contributed by atoms with Gasteiger partial charge in [-0.3, -0.25) is 10.1 Å². The number of aryl methyl sites for hydroxylation is 1. The molecule has 0 aliphatic carbocycles. The van der Waals surface area contributed by atoms with Crippen molar-refractivity contribution in [2.45, 2.75) is 46.2 Å². The minimum atomic E-state index is -0.945. The molecule has 130 valence electrons. The predicted octanol–water partition coefficient (Wildman–Crippen LogP) is 2.65. The zero-order chi connectivity index (χ0) is 17.9. The maximum absolute atomic E-state index is 11.8. The first kappa shape index (κ1) is 18.0. The van der Waals surface area contributed by atoms with Crippen LogP contribution in [0.4, 0.5) is 0 Å². The van der Waals surface area contributed by atoms with Crippen molar-refractivity contribution in [1.29, 1.82) is 0 Å². The van der Waals surface area contributed by atoms with Crippen LogP contribution in [0.2, 0.25) is 0 Å². The lowest BCUT2D eigenvalue weighted by Gasteiger charge is -2.20. The van der Waals surface area contributed by atoms with Crippen molar-refractivity contribution in [1.82, 2.24) is 5.32 Å². The van der Waals surface area contributed by atoms with Crippen LogP contribution < -0.4 is 10.9 Å². The number of phenols is 1. The second kappa shape index (κ2) is 7.49. The molecule has 2 rings (SSSR count). The van der Waals surface area contributed by atoms with Gasteiger partial charge in [0.2, 0.25) is 0 Å². The number of carboxylic acids is 1. The van der Waals surface area contributed by atoms with Gasteiger partial charge in [0.1, 0.15) is 17.4 Å². The van der Waals surface area contributed by atoms with E-state index in [1.54, 1.807) is 6.07 Å². The minimum Gasteiger partial charge on any atom is -0.507 e. The zero-order valence-electron chi connectivity index (χ0n) is 14.1. The third-order valence-corrected chi connectivity index (χ3v) is 4.44. The number of carboxylic acid groups (broad SMARTS) is 1. The fourth-order valence-corrected chi connectivity index (χ4v) is 2.78. The molecule has 24 heavy (non-hydrogen) atoms. The number of benzene rings is 1. The molecule has 6 nitrogen and oxygen atoms in total. The van der Waals surface area contributed by atoms with Crippen molar-refractivity contribution < 1.29 is 19.4 Å². The lowest BCUT2D eigenvalue weighted by molar-refractivity contribution is -0.140. The number of phenolic OH excluding ortho intramolecular Hbond substituents is 1. The standard InChI is InChI=1S/C18H23NO5/c1-4-10(3)16(18(22)23)19-9-13-14(20)7-6-12-11(5-2)8-15(21)24-17(12)13/h6-8,10,16,19-20H,4-5,9H2,1-3H3,(H,22,23)/t10-,16-/m1/s1. The average molecular weight is 333 g/mol. The Kier molecular flexibility index (Phi) is 5.62. The van der Waals surface area contributed by atoms with Gasteiger partial charge in [0.15, 0.2) is 0 Å². The second-order valence-corrected chi connectivity index (χ2v) is 5.97. The molecule has 0 saturated carbocycles. The van der Waals surface area contributed by atoms with Gasteiger partial charge >= 0.3 is 11.6 Å². The van der Waals surface area contributed by atoms with Gasteiger partial charge in [0.05, 0.1) is 5.56 Å². The first-order valence-corrected chi connectivity index (χ1v) is 8.12. The van der Waals surface area contributed by atoms with Gasteiger partial charge in [-0.2, -0.15) is 0 Å². The minimum absolute atomic E-state index is 0.0281. The summed E-state index contributed by atoms with van der Waals surface area (Å²) in [4.78, 5) is 23.2. The molecule has 3 N–H and O–H groups in total. The molecule has 0 aliphatic heterocycles. The highest BCUT2D eigenvalue weighted by molar-refractivity contribution is 5.85. The van der Waals surface area contributed by atoms with Crippen LogP contribution >= 0.6 is 0 Å². The van der Waals surface area contributed by atoms with Crippen LogP contribution in [0.5, 0.6) is 5.75 Å². The third kappa shape index (κ3) is 3.59. The highest BCUT2D eigenvalue weighted by Crippen LogP contribution is 2.28. The predicted molar refractivity (Wildman–Crippen MR) is 91.2 cm³/mol. The summed E-state index contributed by atoms with van der Waals surface area (Å²) in [6.45, 7) is 5.80. The monoisotopic (exact) mass is 333 g/mol. The van der Waals surface area contributed by atoms with Crippen LogP contribution in [0.15, 0.2) is 27.4 Å². The fourth-order valence-electron chi connectivity index (χ4n) is 2.78. The first-order chi connectivity index (χ1) is 11.4. The quantitative estimate of drug-likeness (QED) is 0.674. The summed E-state index contributed by atoms with van der Waals surface area (Å²) >= 11 is 0. The topological polar surface area (TPSA) is 99.8 Å². The Morgan fingerprint density at radius 2 is 2.04 bits per heavy atom. The van der Waals surface area contributed by atoms with Crippen LogP contribution in [-0.2, 0) is 17.8 Å². The summed E-state index contributed by atoms with van der Waals surface area (Å²) < 4.78 is 5.29. The van der Waals surface area contributed by atoms with Gasteiger partial charge in [0.25, 0.3) is 0 Å². The number of fused-ring (bicyclic) bond motifs is 1. The van der Waals surface area contributed by atoms with E-state index < -0.39 is 17.6 Å².